The van der Waals surface area contributed by atoms with Crippen LogP contribution >= 0.6 is 0 Å². The summed E-state index contributed by atoms with van der Waals surface area (Å²) in [4.78, 5) is 12.3. The van der Waals surface area contributed by atoms with E-state index in [1.54, 1.807) is 6.07 Å². The Morgan fingerprint density at radius 2 is 1.83 bits per heavy atom. The van der Waals surface area contributed by atoms with Crippen molar-refractivity contribution in [3.05, 3.63) is 59.7 Å². The second kappa shape index (κ2) is 8.29. The zero-order valence-electron chi connectivity index (χ0n) is 13.5. The number of ether oxygens (including phenoxy) is 2. The van der Waals surface area contributed by atoms with Gasteiger partial charge >= 0.3 is 6.61 Å². The molecule has 0 spiro atoms. The molecule has 1 unspecified atom stereocenters. The van der Waals surface area contributed by atoms with E-state index in [1.807, 2.05) is 38.1 Å². The lowest BCUT2D eigenvalue weighted by molar-refractivity contribution is -0.0498. The molecule has 0 aliphatic heterocycles. The lowest BCUT2D eigenvalue weighted by atomic mass is 10.1. The zero-order valence-corrected chi connectivity index (χ0v) is 13.5. The second-order valence-corrected chi connectivity index (χ2v) is 5.10. The Hall–Kier alpha value is -2.63. The van der Waals surface area contributed by atoms with Gasteiger partial charge in [-0.2, -0.15) is 8.78 Å². The first-order chi connectivity index (χ1) is 11.5. The third kappa shape index (κ3) is 4.94. The summed E-state index contributed by atoms with van der Waals surface area (Å²) in [6.07, 6.45) is 0. The number of benzene rings is 2. The van der Waals surface area contributed by atoms with Gasteiger partial charge in [-0.05, 0) is 49.7 Å². The number of carbonyl (C=O) groups excluding carboxylic acids is 1. The van der Waals surface area contributed by atoms with Gasteiger partial charge in [0.1, 0.15) is 11.5 Å². The largest absolute Gasteiger partial charge is 0.494 e. The Kier molecular flexibility index (Phi) is 6.12. The predicted molar refractivity (Wildman–Crippen MR) is 86.6 cm³/mol. The van der Waals surface area contributed by atoms with Crippen LogP contribution in [0.4, 0.5) is 8.78 Å². The van der Waals surface area contributed by atoms with Gasteiger partial charge < -0.3 is 14.8 Å². The number of hydrogen-bond donors (Lipinski definition) is 1. The summed E-state index contributed by atoms with van der Waals surface area (Å²) in [7, 11) is 0. The fourth-order valence-corrected chi connectivity index (χ4v) is 2.20. The Morgan fingerprint density at radius 3 is 2.46 bits per heavy atom. The molecule has 6 heteroatoms. The van der Waals surface area contributed by atoms with Crippen LogP contribution in [-0.4, -0.2) is 19.1 Å². The molecule has 0 saturated heterocycles. The van der Waals surface area contributed by atoms with Crippen molar-refractivity contribution in [1.82, 2.24) is 5.32 Å². The molecule has 0 saturated carbocycles. The van der Waals surface area contributed by atoms with Crippen molar-refractivity contribution in [1.29, 1.82) is 0 Å². The highest BCUT2D eigenvalue weighted by Gasteiger charge is 2.13. The summed E-state index contributed by atoms with van der Waals surface area (Å²) in [5, 5.41) is 2.82. The second-order valence-electron chi connectivity index (χ2n) is 5.10. The highest BCUT2D eigenvalue weighted by Crippen LogP contribution is 2.19. The summed E-state index contributed by atoms with van der Waals surface area (Å²) >= 11 is 0. The first kappa shape index (κ1) is 17.7. The van der Waals surface area contributed by atoms with E-state index < -0.39 is 6.61 Å². The van der Waals surface area contributed by atoms with E-state index in [1.165, 1.54) is 18.2 Å². The van der Waals surface area contributed by atoms with Gasteiger partial charge in [0.15, 0.2) is 0 Å². The molecule has 2 aromatic carbocycles. The molecule has 128 valence electrons. The lowest BCUT2D eigenvalue weighted by Crippen LogP contribution is -2.26. The highest BCUT2D eigenvalue weighted by atomic mass is 19.3. The van der Waals surface area contributed by atoms with Crippen LogP contribution in [0, 0.1) is 0 Å². The van der Waals surface area contributed by atoms with Crippen molar-refractivity contribution in [2.45, 2.75) is 26.5 Å². The minimum Gasteiger partial charge on any atom is -0.494 e. The van der Waals surface area contributed by atoms with Crippen LogP contribution in [-0.2, 0) is 0 Å². The molecule has 0 radical (unpaired) electrons. The van der Waals surface area contributed by atoms with Crippen LogP contribution in [0.2, 0.25) is 0 Å². The molecular formula is C18H19F2NO3. The third-order valence-electron chi connectivity index (χ3n) is 3.36. The molecule has 1 atom stereocenters. The minimum atomic E-state index is -2.92. The molecule has 0 aliphatic rings. The molecule has 0 aliphatic carbocycles. The third-order valence-corrected chi connectivity index (χ3v) is 3.36. The van der Waals surface area contributed by atoms with E-state index in [4.69, 9.17) is 4.74 Å². The normalized spacial score (nSPS) is 11.9. The van der Waals surface area contributed by atoms with Crippen molar-refractivity contribution < 1.29 is 23.0 Å². The van der Waals surface area contributed by atoms with Crippen molar-refractivity contribution in [2.24, 2.45) is 0 Å². The van der Waals surface area contributed by atoms with Crippen molar-refractivity contribution in [3.63, 3.8) is 0 Å². The Bertz CT molecular complexity index is 674. The van der Waals surface area contributed by atoms with Gasteiger partial charge in [-0.25, -0.2) is 0 Å². The number of halogens is 2. The molecule has 2 aromatic rings. The first-order valence-electron chi connectivity index (χ1n) is 7.58. The smallest absolute Gasteiger partial charge is 0.387 e. The van der Waals surface area contributed by atoms with Crippen LogP contribution in [0.15, 0.2) is 48.5 Å². The molecule has 0 heterocycles. The number of amides is 1. The molecule has 0 aromatic heterocycles. The maximum atomic E-state index is 12.3. The number of alkyl halides is 2. The minimum absolute atomic E-state index is 0.0497. The molecule has 0 bridgehead atoms. The number of rotatable bonds is 7. The fraction of sp³-hybridized carbons (Fsp3) is 0.278. The van der Waals surface area contributed by atoms with Gasteiger partial charge in [-0.3, -0.25) is 4.79 Å². The van der Waals surface area contributed by atoms with Gasteiger partial charge in [0.05, 0.1) is 12.6 Å². The van der Waals surface area contributed by atoms with Crippen molar-refractivity contribution >= 4 is 5.91 Å². The molecule has 1 N–H and O–H groups in total. The average Bonchev–Trinajstić information content (AvgIpc) is 2.55. The van der Waals surface area contributed by atoms with Gasteiger partial charge in [0.25, 0.3) is 5.91 Å². The highest BCUT2D eigenvalue weighted by molar-refractivity contribution is 5.94. The summed E-state index contributed by atoms with van der Waals surface area (Å²) in [6, 6.07) is 12.8. The maximum Gasteiger partial charge on any atom is 0.387 e. The van der Waals surface area contributed by atoms with Crippen LogP contribution in [0.25, 0.3) is 0 Å². The molecular weight excluding hydrogens is 316 g/mol. The summed E-state index contributed by atoms with van der Waals surface area (Å²) < 4.78 is 34.2. The van der Waals surface area contributed by atoms with Gasteiger partial charge in [0.2, 0.25) is 0 Å². The lowest BCUT2D eigenvalue weighted by Gasteiger charge is -2.15. The Balaban J connectivity index is 2.03. The van der Waals surface area contributed by atoms with E-state index in [-0.39, 0.29) is 23.3 Å². The molecule has 1 amide bonds. The van der Waals surface area contributed by atoms with E-state index in [0.717, 1.165) is 11.3 Å². The van der Waals surface area contributed by atoms with E-state index in [2.05, 4.69) is 10.1 Å². The topological polar surface area (TPSA) is 47.6 Å². The summed E-state index contributed by atoms with van der Waals surface area (Å²) in [6.45, 7) is 1.41. The average molecular weight is 335 g/mol. The van der Waals surface area contributed by atoms with Crippen LogP contribution < -0.4 is 14.8 Å². The quantitative estimate of drug-likeness (QED) is 0.826. The molecule has 24 heavy (non-hydrogen) atoms. The fourth-order valence-electron chi connectivity index (χ4n) is 2.20. The number of carbonyl (C=O) groups is 1. The summed E-state index contributed by atoms with van der Waals surface area (Å²) in [5.41, 5.74) is 1.16. The Labute approximate surface area is 139 Å². The van der Waals surface area contributed by atoms with Gasteiger partial charge in [-0.1, -0.05) is 18.2 Å². The van der Waals surface area contributed by atoms with Crippen molar-refractivity contribution in [2.75, 3.05) is 6.61 Å². The molecule has 4 nitrogen and oxygen atoms in total. The number of hydrogen-bond acceptors (Lipinski definition) is 3. The first-order valence-corrected chi connectivity index (χ1v) is 7.58. The van der Waals surface area contributed by atoms with E-state index in [0.29, 0.717) is 6.61 Å². The SMILES string of the molecule is CCOc1ccc(C(C)NC(=O)c2cccc(OC(F)F)c2)cc1. The van der Waals surface area contributed by atoms with Crippen molar-refractivity contribution in [3.8, 4) is 11.5 Å². The summed E-state index contributed by atoms with van der Waals surface area (Å²) in [5.74, 6) is 0.346. The van der Waals surface area contributed by atoms with E-state index in [9.17, 15) is 13.6 Å². The van der Waals surface area contributed by atoms with Gasteiger partial charge in [-0.15, -0.1) is 0 Å². The van der Waals surface area contributed by atoms with Crippen LogP contribution in [0.1, 0.15) is 35.8 Å². The predicted octanol–water partition coefficient (Wildman–Crippen LogP) is 4.18. The number of nitrogens with one attached hydrogen (secondary N) is 1. The zero-order chi connectivity index (χ0) is 17.5. The standard InChI is InChI=1S/C18H19F2NO3/c1-3-23-15-9-7-13(8-10-15)12(2)21-17(22)14-5-4-6-16(11-14)24-18(19)20/h4-12,18H,3H2,1-2H3,(H,21,22). The van der Waals surface area contributed by atoms with Crippen LogP contribution in [0.5, 0.6) is 11.5 Å². The molecule has 2 rings (SSSR count). The van der Waals surface area contributed by atoms with Crippen LogP contribution in [0.3, 0.4) is 0 Å². The van der Waals surface area contributed by atoms with Gasteiger partial charge in [0, 0.05) is 5.56 Å². The maximum absolute atomic E-state index is 12.3. The van der Waals surface area contributed by atoms with E-state index >= 15 is 0 Å². The monoisotopic (exact) mass is 335 g/mol. The Morgan fingerprint density at radius 1 is 1.12 bits per heavy atom. The molecule has 0 fully saturated rings.